The van der Waals surface area contributed by atoms with Gasteiger partial charge in [-0.2, -0.15) is 0 Å². The summed E-state index contributed by atoms with van der Waals surface area (Å²) in [6.07, 6.45) is 0.777. The molecule has 1 aromatic heterocycles. The second-order valence-electron chi connectivity index (χ2n) is 6.68. The lowest BCUT2D eigenvalue weighted by molar-refractivity contribution is -0.145. The van der Waals surface area contributed by atoms with Crippen LogP contribution >= 0.6 is 0 Å². The van der Waals surface area contributed by atoms with Crippen LogP contribution in [-0.4, -0.2) is 34.6 Å². The van der Waals surface area contributed by atoms with Crippen LogP contribution in [-0.2, 0) is 27.8 Å². The lowest BCUT2D eigenvalue weighted by atomic mass is 10.0. The molecule has 0 aliphatic rings. The predicted octanol–water partition coefficient (Wildman–Crippen LogP) is 1.57. The molecule has 1 aromatic carbocycles. The lowest BCUT2D eigenvalue weighted by Crippen LogP contribution is -2.42. The molecule has 7 heteroatoms. The van der Waals surface area contributed by atoms with Crippen molar-refractivity contribution in [3.05, 3.63) is 40.3 Å². The zero-order chi connectivity index (χ0) is 19.3. The van der Waals surface area contributed by atoms with E-state index < -0.39 is 12.0 Å². The molecule has 0 saturated heterocycles. The molecule has 0 aliphatic heterocycles. The SMILES string of the molecule is COC(=O)[C@H](CC(C)C)NC(=O)CCc1nc2ccccc2n(C)c1=O. The van der Waals surface area contributed by atoms with Crippen molar-refractivity contribution < 1.29 is 14.3 Å². The van der Waals surface area contributed by atoms with Crippen molar-refractivity contribution >= 4 is 22.9 Å². The number of carbonyl (C=O) groups excluding carboxylic acids is 2. The molecule has 1 heterocycles. The third-order valence-corrected chi connectivity index (χ3v) is 4.17. The number of fused-ring (bicyclic) bond motifs is 1. The number of nitrogens with zero attached hydrogens (tertiary/aromatic N) is 2. The summed E-state index contributed by atoms with van der Waals surface area (Å²) in [6, 6.07) is 6.67. The van der Waals surface area contributed by atoms with Gasteiger partial charge in [0.2, 0.25) is 5.91 Å². The molecule has 0 bridgehead atoms. The van der Waals surface area contributed by atoms with Crippen molar-refractivity contribution in [2.24, 2.45) is 13.0 Å². The summed E-state index contributed by atoms with van der Waals surface area (Å²) in [7, 11) is 2.98. The Morgan fingerprint density at radius 3 is 2.62 bits per heavy atom. The van der Waals surface area contributed by atoms with Crippen molar-refractivity contribution in [2.45, 2.75) is 39.2 Å². The van der Waals surface area contributed by atoms with Gasteiger partial charge >= 0.3 is 5.97 Å². The lowest BCUT2D eigenvalue weighted by Gasteiger charge is -2.18. The summed E-state index contributed by atoms with van der Waals surface area (Å²) in [5.41, 5.74) is 1.56. The van der Waals surface area contributed by atoms with Crippen molar-refractivity contribution in [3.63, 3.8) is 0 Å². The van der Waals surface area contributed by atoms with E-state index in [-0.39, 0.29) is 30.2 Å². The molecule has 2 rings (SSSR count). The fourth-order valence-corrected chi connectivity index (χ4v) is 2.83. The highest BCUT2D eigenvalue weighted by Crippen LogP contribution is 2.10. The summed E-state index contributed by atoms with van der Waals surface area (Å²) in [4.78, 5) is 40.8. The van der Waals surface area contributed by atoms with E-state index in [4.69, 9.17) is 4.74 Å². The van der Waals surface area contributed by atoms with Gasteiger partial charge in [-0.25, -0.2) is 9.78 Å². The normalized spacial score (nSPS) is 12.2. The molecule has 1 atom stereocenters. The Morgan fingerprint density at radius 1 is 1.27 bits per heavy atom. The Labute approximate surface area is 152 Å². The zero-order valence-corrected chi connectivity index (χ0v) is 15.6. The summed E-state index contributed by atoms with van der Waals surface area (Å²) < 4.78 is 6.27. The number of hydrogen-bond acceptors (Lipinski definition) is 5. The van der Waals surface area contributed by atoms with Crippen LogP contribution in [0.15, 0.2) is 29.1 Å². The second-order valence-corrected chi connectivity index (χ2v) is 6.68. The highest BCUT2D eigenvalue weighted by Gasteiger charge is 2.22. The number of methoxy groups -OCH3 is 1. The maximum absolute atomic E-state index is 12.4. The maximum Gasteiger partial charge on any atom is 0.328 e. The first kappa shape index (κ1) is 19.6. The molecule has 1 amide bonds. The summed E-state index contributed by atoms with van der Waals surface area (Å²) >= 11 is 0. The molecule has 0 saturated carbocycles. The van der Waals surface area contributed by atoms with Gasteiger partial charge in [0.1, 0.15) is 11.7 Å². The molecule has 2 aromatic rings. The Hall–Kier alpha value is -2.70. The second kappa shape index (κ2) is 8.60. The van der Waals surface area contributed by atoms with Crippen LogP contribution in [0, 0.1) is 5.92 Å². The molecular weight excluding hydrogens is 334 g/mol. The fourth-order valence-electron chi connectivity index (χ4n) is 2.83. The van der Waals surface area contributed by atoms with Crippen LogP contribution in [0.5, 0.6) is 0 Å². The van der Waals surface area contributed by atoms with Gasteiger partial charge in [-0.1, -0.05) is 26.0 Å². The summed E-state index contributed by atoms with van der Waals surface area (Å²) in [5.74, 6) is -0.543. The average molecular weight is 359 g/mol. The van der Waals surface area contributed by atoms with Crippen molar-refractivity contribution in [2.75, 3.05) is 7.11 Å². The molecule has 0 aliphatic carbocycles. The monoisotopic (exact) mass is 359 g/mol. The molecule has 7 nitrogen and oxygen atoms in total. The van der Waals surface area contributed by atoms with Gasteiger partial charge in [-0.05, 0) is 24.5 Å². The van der Waals surface area contributed by atoms with E-state index in [0.717, 1.165) is 5.52 Å². The van der Waals surface area contributed by atoms with Gasteiger partial charge in [-0.15, -0.1) is 0 Å². The number of benzene rings is 1. The first-order valence-corrected chi connectivity index (χ1v) is 8.65. The number of aromatic nitrogens is 2. The topological polar surface area (TPSA) is 90.3 Å². The van der Waals surface area contributed by atoms with Gasteiger partial charge in [0.15, 0.2) is 0 Å². The van der Waals surface area contributed by atoms with Crippen LogP contribution in [0.2, 0.25) is 0 Å². The van der Waals surface area contributed by atoms with Crippen LogP contribution in [0.3, 0.4) is 0 Å². The first-order valence-electron chi connectivity index (χ1n) is 8.65. The average Bonchev–Trinajstić information content (AvgIpc) is 2.62. The Balaban J connectivity index is 2.09. The minimum absolute atomic E-state index is 0.0756. The van der Waals surface area contributed by atoms with Crippen LogP contribution < -0.4 is 10.9 Å². The van der Waals surface area contributed by atoms with Gasteiger partial charge in [0.05, 0.1) is 18.1 Å². The number of hydrogen-bond donors (Lipinski definition) is 1. The molecule has 0 radical (unpaired) electrons. The standard InChI is InChI=1S/C19H25N3O4/c1-12(2)11-15(19(25)26-4)21-17(23)10-9-14-18(24)22(3)16-8-6-5-7-13(16)20-14/h5-8,12,15H,9-11H2,1-4H3,(H,21,23)/t15-/m0/s1. The highest BCUT2D eigenvalue weighted by molar-refractivity contribution is 5.84. The van der Waals surface area contributed by atoms with E-state index in [9.17, 15) is 14.4 Å². The van der Waals surface area contributed by atoms with Gasteiger partial charge in [-0.3, -0.25) is 9.59 Å². The number of esters is 1. The first-order chi connectivity index (χ1) is 12.3. The van der Waals surface area contributed by atoms with Crippen molar-refractivity contribution in [3.8, 4) is 0 Å². The van der Waals surface area contributed by atoms with E-state index in [2.05, 4.69) is 10.3 Å². The minimum atomic E-state index is -0.681. The zero-order valence-electron chi connectivity index (χ0n) is 15.6. The number of ether oxygens (including phenoxy) is 1. The van der Waals surface area contributed by atoms with E-state index in [1.807, 2.05) is 38.1 Å². The largest absolute Gasteiger partial charge is 0.467 e. The van der Waals surface area contributed by atoms with Gasteiger partial charge in [0.25, 0.3) is 5.56 Å². The number of aryl methyl sites for hydroxylation is 2. The van der Waals surface area contributed by atoms with Gasteiger partial charge in [0, 0.05) is 19.9 Å². The Bertz CT molecular complexity index is 857. The molecule has 26 heavy (non-hydrogen) atoms. The molecule has 0 unspecified atom stereocenters. The van der Waals surface area contributed by atoms with Gasteiger partial charge < -0.3 is 14.6 Å². The third-order valence-electron chi connectivity index (χ3n) is 4.17. The van der Waals surface area contributed by atoms with E-state index in [1.54, 1.807) is 7.05 Å². The molecule has 0 fully saturated rings. The van der Waals surface area contributed by atoms with E-state index in [1.165, 1.54) is 11.7 Å². The Morgan fingerprint density at radius 2 is 1.96 bits per heavy atom. The number of carbonyl (C=O) groups is 2. The van der Waals surface area contributed by atoms with Crippen molar-refractivity contribution in [1.29, 1.82) is 0 Å². The third kappa shape index (κ3) is 4.68. The highest BCUT2D eigenvalue weighted by atomic mass is 16.5. The molecule has 1 N–H and O–H groups in total. The summed E-state index contributed by atoms with van der Waals surface area (Å²) in [6.45, 7) is 3.93. The van der Waals surface area contributed by atoms with Crippen LogP contribution in [0.1, 0.15) is 32.4 Å². The molecular formula is C19H25N3O4. The smallest absolute Gasteiger partial charge is 0.328 e. The minimum Gasteiger partial charge on any atom is -0.467 e. The quantitative estimate of drug-likeness (QED) is 0.758. The van der Waals surface area contributed by atoms with E-state index in [0.29, 0.717) is 17.6 Å². The number of para-hydroxylation sites is 2. The molecule has 140 valence electrons. The summed E-state index contributed by atoms with van der Waals surface area (Å²) in [5, 5.41) is 2.69. The van der Waals surface area contributed by atoms with Crippen LogP contribution in [0.4, 0.5) is 0 Å². The fraction of sp³-hybridized carbons (Fsp3) is 0.474. The number of nitrogens with one attached hydrogen (secondary N) is 1. The Kier molecular flexibility index (Phi) is 6.49. The van der Waals surface area contributed by atoms with E-state index >= 15 is 0 Å². The van der Waals surface area contributed by atoms with Crippen molar-refractivity contribution in [1.82, 2.24) is 14.9 Å². The number of rotatable bonds is 7. The van der Waals surface area contributed by atoms with Crippen LogP contribution in [0.25, 0.3) is 11.0 Å². The maximum atomic E-state index is 12.4. The molecule has 0 spiro atoms. The predicted molar refractivity (Wildman–Crippen MR) is 98.7 cm³/mol. The number of amides is 1.